The van der Waals surface area contributed by atoms with Crippen LogP contribution < -0.4 is 11.1 Å². The topological polar surface area (TPSA) is 58.4 Å². The second-order valence-corrected chi connectivity index (χ2v) is 10.8. The van der Waals surface area contributed by atoms with Crippen LogP contribution in [0.1, 0.15) is 63.1 Å². The van der Waals surface area contributed by atoms with Crippen molar-refractivity contribution in [3.05, 3.63) is 80.9 Å². The number of hydrogen-bond donors (Lipinski definition) is 2. The fourth-order valence-electron chi connectivity index (χ4n) is 4.88. The van der Waals surface area contributed by atoms with Gasteiger partial charge in [-0.3, -0.25) is 4.79 Å². The first-order valence-corrected chi connectivity index (χ1v) is 14.0. The lowest BCUT2D eigenvalue weighted by Crippen LogP contribution is -2.49. The fourth-order valence-corrected chi connectivity index (χ4v) is 5.34. The molecule has 1 aliphatic carbocycles. The number of nitrogens with two attached hydrogens (primary N) is 1. The lowest BCUT2D eigenvalue weighted by Gasteiger charge is -2.37. The third-order valence-corrected chi connectivity index (χ3v) is 7.92. The van der Waals surface area contributed by atoms with Crippen molar-refractivity contribution in [2.24, 2.45) is 5.73 Å². The highest BCUT2D eigenvalue weighted by Gasteiger charge is 2.52. The number of likely N-dealkylation sites (tertiary alicyclic amines) is 1. The Morgan fingerprint density at radius 1 is 1.20 bits per heavy atom. The molecule has 0 spiro atoms. The summed E-state index contributed by atoms with van der Waals surface area (Å²) in [5.41, 5.74) is 10.1. The van der Waals surface area contributed by atoms with E-state index in [0.29, 0.717) is 6.42 Å². The quantitative estimate of drug-likeness (QED) is 0.393. The van der Waals surface area contributed by atoms with Gasteiger partial charge in [-0.15, -0.1) is 0 Å². The molecule has 2 aromatic rings. The van der Waals surface area contributed by atoms with Crippen LogP contribution in [0.15, 0.2) is 59.2 Å². The van der Waals surface area contributed by atoms with Crippen molar-refractivity contribution in [1.29, 1.82) is 0 Å². The zero-order chi connectivity index (χ0) is 25.6. The number of rotatable bonds is 8. The van der Waals surface area contributed by atoms with E-state index < -0.39 is 5.41 Å². The first kappa shape index (κ1) is 27.8. The Hall–Kier alpha value is -1.82. The number of benzene rings is 2. The molecule has 1 amide bonds. The van der Waals surface area contributed by atoms with Gasteiger partial charge in [-0.2, -0.15) is 0 Å². The maximum atomic E-state index is 13.7. The Balaban J connectivity index is 0.00000167. The summed E-state index contributed by atoms with van der Waals surface area (Å²) in [7, 11) is 0. The number of nitrogens with zero attached hydrogens (tertiary/aromatic N) is 1. The summed E-state index contributed by atoms with van der Waals surface area (Å²) in [4.78, 5) is 16.0. The first-order chi connectivity index (χ1) is 16.8. The van der Waals surface area contributed by atoms with E-state index in [2.05, 4.69) is 51.8 Å². The van der Waals surface area contributed by atoms with Crippen molar-refractivity contribution in [2.45, 2.75) is 76.8 Å². The summed E-state index contributed by atoms with van der Waals surface area (Å²) in [5.74, 6) is 0.0940. The Labute approximate surface area is 224 Å². The van der Waals surface area contributed by atoms with Crippen LogP contribution in [-0.4, -0.2) is 36.0 Å². The molecule has 0 bridgehead atoms. The van der Waals surface area contributed by atoms with Crippen molar-refractivity contribution in [3.8, 4) is 0 Å². The predicted octanol–water partition coefficient (Wildman–Crippen LogP) is 6.39. The largest absolute Gasteiger partial charge is 0.373 e. The summed E-state index contributed by atoms with van der Waals surface area (Å²) in [6, 6.07) is 14.3. The maximum Gasteiger partial charge on any atom is 0.231 e. The normalized spacial score (nSPS) is 17.7. The molecule has 35 heavy (non-hydrogen) atoms. The van der Waals surface area contributed by atoms with E-state index in [1.807, 2.05) is 44.2 Å². The molecule has 1 atom stereocenters. The van der Waals surface area contributed by atoms with Gasteiger partial charge in [-0.25, -0.2) is 0 Å². The van der Waals surface area contributed by atoms with E-state index in [-0.39, 0.29) is 18.0 Å². The SMILES string of the molecule is C=C([C@H](Cc1ccc(Br)cc1)NC(=O)C1(c2ccc(Cl)cc2CC)CC1)N1CCC(N)CC1.CC. The van der Waals surface area contributed by atoms with Gasteiger partial charge >= 0.3 is 0 Å². The molecule has 2 aliphatic rings. The third kappa shape index (κ3) is 6.69. The van der Waals surface area contributed by atoms with Gasteiger partial charge in [0.2, 0.25) is 5.91 Å². The summed E-state index contributed by atoms with van der Waals surface area (Å²) >= 11 is 9.75. The number of piperidine rings is 1. The van der Waals surface area contributed by atoms with Crippen LogP contribution in [0.3, 0.4) is 0 Å². The van der Waals surface area contributed by atoms with Crippen LogP contribution in [0.2, 0.25) is 5.02 Å². The molecule has 2 aromatic carbocycles. The van der Waals surface area contributed by atoms with Gasteiger partial charge in [0.1, 0.15) is 0 Å². The molecule has 1 saturated carbocycles. The smallest absolute Gasteiger partial charge is 0.231 e. The molecule has 1 aliphatic heterocycles. The predicted molar refractivity (Wildman–Crippen MR) is 151 cm³/mol. The molecule has 0 unspecified atom stereocenters. The van der Waals surface area contributed by atoms with Gasteiger partial charge in [0, 0.05) is 34.3 Å². The minimum Gasteiger partial charge on any atom is -0.373 e. The zero-order valence-corrected chi connectivity index (χ0v) is 23.6. The highest BCUT2D eigenvalue weighted by atomic mass is 79.9. The standard InChI is InChI=1S/C27H33BrClN3O.C2H6/c1-3-20-17-22(29)8-9-24(20)27(12-13-27)26(33)31-25(16-19-4-6-21(28)7-5-19)18(2)32-14-10-23(30)11-15-32;1-2/h4-9,17,23,25H,2-3,10-16,30H2,1H3,(H,31,33);1-2H3/t25-;/m0./s1. The van der Waals surface area contributed by atoms with Gasteiger partial charge in [0.05, 0.1) is 11.5 Å². The van der Waals surface area contributed by atoms with Crippen LogP contribution in [0.4, 0.5) is 0 Å². The monoisotopic (exact) mass is 559 g/mol. The van der Waals surface area contributed by atoms with E-state index in [1.165, 1.54) is 5.56 Å². The van der Waals surface area contributed by atoms with E-state index in [0.717, 1.165) is 71.5 Å². The van der Waals surface area contributed by atoms with Gasteiger partial charge in [-0.1, -0.05) is 73.1 Å². The molecule has 4 nitrogen and oxygen atoms in total. The molecule has 6 heteroatoms. The minimum absolute atomic E-state index is 0.0940. The lowest BCUT2D eigenvalue weighted by atomic mass is 9.88. The summed E-state index contributed by atoms with van der Waals surface area (Å²) in [6.45, 7) is 12.3. The molecule has 2 fully saturated rings. The van der Waals surface area contributed by atoms with Gasteiger partial charge in [-0.05, 0) is 79.5 Å². The summed E-state index contributed by atoms with van der Waals surface area (Å²) < 4.78 is 1.04. The maximum absolute atomic E-state index is 13.7. The fraction of sp³-hybridized carbons (Fsp3) is 0.483. The van der Waals surface area contributed by atoms with E-state index in [1.54, 1.807) is 0 Å². The molecule has 4 rings (SSSR count). The number of nitrogens with one attached hydrogen (secondary N) is 1. The highest BCUT2D eigenvalue weighted by molar-refractivity contribution is 9.10. The summed E-state index contributed by atoms with van der Waals surface area (Å²) in [5, 5.41) is 4.12. The van der Waals surface area contributed by atoms with E-state index in [9.17, 15) is 4.79 Å². The number of carbonyl (C=O) groups excluding carboxylic acids is 1. The van der Waals surface area contributed by atoms with E-state index in [4.69, 9.17) is 17.3 Å². The second kappa shape index (κ2) is 12.4. The van der Waals surface area contributed by atoms with Gasteiger partial charge in [0.25, 0.3) is 0 Å². The average molecular weight is 561 g/mol. The Bertz CT molecular complexity index is 1010. The highest BCUT2D eigenvalue weighted by Crippen LogP contribution is 2.50. The average Bonchev–Trinajstić information content (AvgIpc) is 3.68. The van der Waals surface area contributed by atoms with Gasteiger partial charge < -0.3 is 16.0 Å². The molecular formula is C29H39BrClN3O. The van der Waals surface area contributed by atoms with Crippen LogP contribution in [0.25, 0.3) is 0 Å². The van der Waals surface area contributed by atoms with Crippen molar-refractivity contribution in [2.75, 3.05) is 13.1 Å². The van der Waals surface area contributed by atoms with Crippen molar-refractivity contribution < 1.29 is 4.79 Å². The minimum atomic E-state index is -0.460. The molecule has 0 radical (unpaired) electrons. The molecule has 190 valence electrons. The molecule has 1 heterocycles. The van der Waals surface area contributed by atoms with Crippen LogP contribution in [0, 0.1) is 0 Å². The van der Waals surface area contributed by atoms with E-state index >= 15 is 0 Å². The molecular weight excluding hydrogens is 522 g/mol. The Kier molecular flexibility index (Phi) is 9.86. The third-order valence-electron chi connectivity index (χ3n) is 7.15. The molecule has 3 N–H and O–H groups in total. The van der Waals surface area contributed by atoms with Crippen LogP contribution in [-0.2, 0) is 23.1 Å². The van der Waals surface area contributed by atoms with Crippen LogP contribution >= 0.6 is 27.5 Å². The molecule has 1 saturated heterocycles. The number of hydrogen-bond acceptors (Lipinski definition) is 3. The van der Waals surface area contributed by atoms with Crippen LogP contribution in [0.5, 0.6) is 0 Å². The Morgan fingerprint density at radius 2 is 1.83 bits per heavy atom. The van der Waals surface area contributed by atoms with Gasteiger partial charge in [0.15, 0.2) is 0 Å². The number of aryl methyl sites for hydroxylation is 1. The van der Waals surface area contributed by atoms with Crippen molar-refractivity contribution >= 4 is 33.4 Å². The summed E-state index contributed by atoms with van der Waals surface area (Å²) in [6.07, 6.45) is 5.19. The second-order valence-electron chi connectivity index (χ2n) is 9.41. The lowest BCUT2D eigenvalue weighted by molar-refractivity contribution is -0.124. The number of carbonyl (C=O) groups is 1. The van der Waals surface area contributed by atoms with Crippen molar-refractivity contribution in [1.82, 2.24) is 10.2 Å². The number of halogens is 2. The first-order valence-electron chi connectivity index (χ1n) is 12.9. The number of amides is 1. The van der Waals surface area contributed by atoms with Crippen molar-refractivity contribution in [3.63, 3.8) is 0 Å². The molecule has 0 aromatic heterocycles. The zero-order valence-electron chi connectivity index (χ0n) is 21.2. The Morgan fingerprint density at radius 3 is 2.40 bits per heavy atom.